The minimum atomic E-state index is -0.257. The van der Waals surface area contributed by atoms with Gasteiger partial charge in [-0.15, -0.1) is 0 Å². The van der Waals surface area contributed by atoms with Gasteiger partial charge in [-0.3, -0.25) is 4.68 Å². The van der Waals surface area contributed by atoms with Crippen LogP contribution >= 0.6 is 15.9 Å². The third kappa shape index (κ3) is 3.35. The van der Waals surface area contributed by atoms with Crippen molar-refractivity contribution < 1.29 is 4.39 Å². The minimum absolute atomic E-state index is 0.257. The van der Waals surface area contributed by atoms with E-state index in [2.05, 4.69) is 46.3 Å². The molecule has 0 aliphatic rings. The Bertz CT molecular complexity index is 566. The third-order valence-electron chi connectivity index (χ3n) is 2.97. The summed E-state index contributed by atoms with van der Waals surface area (Å²) < 4.78 is 16.4. The predicted molar refractivity (Wildman–Crippen MR) is 78.7 cm³/mol. The Balaban J connectivity index is 2.11. The van der Waals surface area contributed by atoms with Gasteiger partial charge in [0.25, 0.3) is 0 Å². The molecule has 0 atom stereocenters. The minimum Gasteiger partial charge on any atom is -0.377 e. The van der Waals surface area contributed by atoms with Gasteiger partial charge in [-0.2, -0.15) is 5.10 Å². The zero-order valence-electron chi connectivity index (χ0n) is 11.1. The van der Waals surface area contributed by atoms with Crippen LogP contribution < -0.4 is 5.32 Å². The van der Waals surface area contributed by atoms with E-state index in [1.165, 1.54) is 6.07 Å². The molecule has 0 amide bonds. The molecule has 0 radical (unpaired) electrons. The molecule has 5 heteroatoms. The Hall–Kier alpha value is -1.36. The molecule has 0 aliphatic carbocycles. The summed E-state index contributed by atoms with van der Waals surface area (Å²) >= 11 is 3.25. The van der Waals surface area contributed by atoms with Crippen LogP contribution in [0, 0.1) is 5.82 Å². The largest absolute Gasteiger partial charge is 0.377 e. The number of aryl methyl sites for hydroxylation is 2. The van der Waals surface area contributed by atoms with Gasteiger partial charge in [-0.1, -0.05) is 22.9 Å². The summed E-state index contributed by atoms with van der Waals surface area (Å²) in [4.78, 5) is 0. The lowest BCUT2D eigenvalue weighted by molar-refractivity contribution is 0.613. The van der Waals surface area contributed by atoms with Crippen molar-refractivity contribution in [2.24, 2.45) is 0 Å². The molecule has 0 bridgehead atoms. The molecule has 1 aromatic carbocycles. The first-order valence-corrected chi connectivity index (χ1v) is 7.17. The van der Waals surface area contributed by atoms with Crippen LogP contribution in [0.15, 0.2) is 28.7 Å². The first-order chi connectivity index (χ1) is 9.13. The predicted octanol–water partition coefficient (Wildman–Crippen LogP) is 3.98. The fraction of sp³-hybridized carbons (Fsp3) is 0.357. The van der Waals surface area contributed by atoms with Gasteiger partial charge < -0.3 is 5.32 Å². The van der Waals surface area contributed by atoms with Gasteiger partial charge in [0.1, 0.15) is 5.82 Å². The van der Waals surface area contributed by atoms with E-state index in [1.807, 2.05) is 10.7 Å². The summed E-state index contributed by atoms with van der Waals surface area (Å²) in [5.41, 5.74) is 2.64. The van der Waals surface area contributed by atoms with Crippen molar-refractivity contribution in [1.82, 2.24) is 9.78 Å². The van der Waals surface area contributed by atoms with Crippen LogP contribution in [-0.2, 0) is 19.5 Å². The van der Waals surface area contributed by atoms with Crippen molar-refractivity contribution in [2.45, 2.75) is 33.4 Å². The summed E-state index contributed by atoms with van der Waals surface area (Å²) in [6.07, 6.45) is 0.909. The van der Waals surface area contributed by atoms with E-state index < -0.39 is 0 Å². The molecule has 1 heterocycles. The molecule has 1 aromatic heterocycles. The maximum Gasteiger partial charge on any atom is 0.147 e. The van der Waals surface area contributed by atoms with Gasteiger partial charge in [-0.05, 0) is 37.6 Å². The number of hydrogen-bond donors (Lipinski definition) is 1. The van der Waals surface area contributed by atoms with Crippen molar-refractivity contribution in [2.75, 3.05) is 5.32 Å². The highest BCUT2D eigenvalue weighted by molar-refractivity contribution is 9.10. The topological polar surface area (TPSA) is 29.9 Å². The number of nitrogens with one attached hydrogen (secondary N) is 1. The van der Waals surface area contributed by atoms with E-state index in [9.17, 15) is 4.39 Å². The van der Waals surface area contributed by atoms with Crippen LogP contribution in [-0.4, -0.2) is 9.78 Å². The molecule has 1 N–H and O–H groups in total. The van der Waals surface area contributed by atoms with Crippen molar-refractivity contribution in [3.8, 4) is 0 Å². The van der Waals surface area contributed by atoms with Gasteiger partial charge in [0.2, 0.25) is 0 Å². The fourth-order valence-electron chi connectivity index (χ4n) is 1.92. The molecule has 0 spiro atoms. The maximum atomic E-state index is 13.7. The summed E-state index contributed by atoms with van der Waals surface area (Å²) in [6.45, 7) is 5.52. The summed E-state index contributed by atoms with van der Waals surface area (Å²) in [5.74, 6) is -0.257. The number of anilines is 1. The standard InChI is InChI=1S/C14H17BrFN3/c1-3-11-8-12(19(4-2)18-11)9-17-14-6-5-10(15)7-13(14)16/h5-8,17H,3-4,9H2,1-2H3. The second-order valence-electron chi connectivity index (χ2n) is 4.27. The molecule has 3 nitrogen and oxygen atoms in total. The molecule has 0 unspecified atom stereocenters. The van der Waals surface area contributed by atoms with Crippen LogP contribution in [0.25, 0.3) is 0 Å². The Morgan fingerprint density at radius 2 is 2.11 bits per heavy atom. The van der Waals surface area contributed by atoms with Crippen LogP contribution in [0.4, 0.5) is 10.1 Å². The number of aromatic nitrogens is 2. The molecule has 2 rings (SSSR count). The van der Waals surface area contributed by atoms with Gasteiger partial charge in [0.15, 0.2) is 0 Å². The van der Waals surface area contributed by atoms with Crippen molar-refractivity contribution >= 4 is 21.6 Å². The highest BCUT2D eigenvalue weighted by Crippen LogP contribution is 2.20. The Labute approximate surface area is 121 Å². The third-order valence-corrected chi connectivity index (χ3v) is 3.46. The highest BCUT2D eigenvalue weighted by atomic mass is 79.9. The van der Waals surface area contributed by atoms with E-state index in [0.29, 0.717) is 12.2 Å². The van der Waals surface area contributed by atoms with Crippen LogP contribution in [0.3, 0.4) is 0 Å². The van der Waals surface area contributed by atoms with E-state index in [4.69, 9.17) is 0 Å². The molecule has 0 saturated carbocycles. The number of nitrogens with zero attached hydrogens (tertiary/aromatic N) is 2. The smallest absolute Gasteiger partial charge is 0.147 e. The van der Waals surface area contributed by atoms with Crippen LogP contribution in [0.5, 0.6) is 0 Å². The highest BCUT2D eigenvalue weighted by Gasteiger charge is 2.07. The summed E-state index contributed by atoms with van der Waals surface area (Å²) in [6, 6.07) is 7.07. The molecule has 0 aliphatic heterocycles. The first kappa shape index (κ1) is 14.1. The average molecular weight is 326 g/mol. The quantitative estimate of drug-likeness (QED) is 0.901. The lowest BCUT2D eigenvalue weighted by Crippen LogP contribution is -2.08. The molecular formula is C14H17BrFN3. The number of benzene rings is 1. The van der Waals surface area contributed by atoms with E-state index in [0.717, 1.165) is 28.8 Å². The maximum absolute atomic E-state index is 13.7. The van der Waals surface area contributed by atoms with Gasteiger partial charge >= 0.3 is 0 Å². The lowest BCUT2D eigenvalue weighted by Gasteiger charge is -2.09. The SMILES string of the molecule is CCc1cc(CNc2ccc(Br)cc2F)n(CC)n1. The average Bonchev–Trinajstić information content (AvgIpc) is 2.80. The number of halogens is 2. The molecule has 2 aromatic rings. The van der Waals surface area contributed by atoms with E-state index >= 15 is 0 Å². The lowest BCUT2D eigenvalue weighted by atomic mass is 10.2. The second kappa shape index (κ2) is 6.19. The van der Waals surface area contributed by atoms with E-state index in [1.54, 1.807) is 6.07 Å². The molecule has 0 saturated heterocycles. The van der Waals surface area contributed by atoms with Crippen LogP contribution in [0.2, 0.25) is 0 Å². The Kier molecular flexibility index (Phi) is 4.58. The molecule has 102 valence electrons. The van der Waals surface area contributed by atoms with E-state index in [-0.39, 0.29) is 5.82 Å². The Morgan fingerprint density at radius 1 is 1.32 bits per heavy atom. The zero-order valence-corrected chi connectivity index (χ0v) is 12.7. The van der Waals surface area contributed by atoms with Crippen molar-refractivity contribution in [3.63, 3.8) is 0 Å². The monoisotopic (exact) mass is 325 g/mol. The number of hydrogen-bond acceptors (Lipinski definition) is 2. The number of rotatable bonds is 5. The summed E-state index contributed by atoms with van der Waals surface area (Å²) in [7, 11) is 0. The Morgan fingerprint density at radius 3 is 2.74 bits per heavy atom. The molecular weight excluding hydrogens is 309 g/mol. The first-order valence-electron chi connectivity index (χ1n) is 6.38. The fourth-order valence-corrected chi connectivity index (χ4v) is 2.26. The van der Waals surface area contributed by atoms with Gasteiger partial charge in [0, 0.05) is 11.0 Å². The molecule has 0 fully saturated rings. The zero-order chi connectivity index (χ0) is 13.8. The summed E-state index contributed by atoms with van der Waals surface area (Å²) in [5, 5.41) is 7.58. The van der Waals surface area contributed by atoms with Crippen molar-refractivity contribution in [1.29, 1.82) is 0 Å². The van der Waals surface area contributed by atoms with Crippen LogP contribution in [0.1, 0.15) is 25.2 Å². The molecule has 19 heavy (non-hydrogen) atoms. The van der Waals surface area contributed by atoms with Crippen molar-refractivity contribution in [3.05, 3.63) is 45.9 Å². The normalized spacial score (nSPS) is 10.7. The second-order valence-corrected chi connectivity index (χ2v) is 5.19. The van der Waals surface area contributed by atoms with Gasteiger partial charge in [-0.25, -0.2) is 4.39 Å². The van der Waals surface area contributed by atoms with Gasteiger partial charge in [0.05, 0.1) is 23.6 Å².